The molecule has 1 aliphatic heterocycles. The Kier molecular flexibility index (Phi) is 6.53. The molecule has 2 aliphatic rings. The first-order valence-electron chi connectivity index (χ1n) is 11.1. The number of rotatable bonds is 5. The SMILES string of the molecule is Cc1ccc(S(=O)(=O)N2CC(=O)N(c3ccccc3Cl)[C@@](C)(C(=O)NC3CCCC3)C2)cc1. The predicted octanol–water partition coefficient (Wildman–Crippen LogP) is 3.50. The Balaban J connectivity index is 1.74. The molecule has 0 bridgehead atoms. The highest BCUT2D eigenvalue weighted by atomic mass is 35.5. The lowest BCUT2D eigenvalue weighted by atomic mass is 9.94. The van der Waals surface area contributed by atoms with Gasteiger partial charge in [-0.3, -0.25) is 14.5 Å². The molecule has 0 unspecified atom stereocenters. The Morgan fingerprint density at radius 3 is 2.36 bits per heavy atom. The fourth-order valence-corrected chi connectivity index (χ4v) is 6.31. The average Bonchev–Trinajstić information content (AvgIpc) is 3.28. The van der Waals surface area contributed by atoms with Gasteiger partial charge in [0.05, 0.1) is 22.2 Å². The molecule has 1 heterocycles. The van der Waals surface area contributed by atoms with Crippen LogP contribution in [0.4, 0.5) is 5.69 Å². The summed E-state index contributed by atoms with van der Waals surface area (Å²) in [7, 11) is -3.99. The maximum atomic E-state index is 13.6. The first-order valence-corrected chi connectivity index (χ1v) is 12.9. The van der Waals surface area contributed by atoms with E-state index in [1.54, 1.807) is 43.3 Å². The van der Waals surface area contributed by atoms with Gasteiger partial charge in [0.2, 0.25) is 21.8 Å². The summed E-state index contributed by atoms with van der Waals surface area (Å²) in [6, 6.07) is 13.3. The predicted molar refractivity (Wildman–Crippen MR) is 128 cm³/mol. The number of carbonyl (C=O) groups is 2. The minimum absolute atomic E-state index is 0.0154. The lowest BCUT2D eigenvalue weighted by molar-refractivity contribution is -0.133. The number of carbonyl (C=O) groups excluding carboxylic acids is 2. The van der Waals surface area contributed by atoms with Gasteiger partial charge in [0.25, 0.3) is 0 Å². The number of sulfonamides is 1. The largest absolute Gasteiger partial charge is 0.351 e. The minimum atomic E-state index is -3.99. The van der Waals surface area contributed by atoms with Crippen LogP contribution >= 0.6 is 11.6 Å². The minimum Gasteiger partial charge on any atom is -0.351 e. The van der Waals surface area contributed by atoms with Crippen molar-refractivity contribution in [3.8, 4) is 0 Å². The molecule has 1 saturated heterocycles. The van der Waals surface area contributed by atoms with Crippen molar-refractivity contribution in [3.63, 3.8) is 0 Å². The number of anilines is 1. The van der Waals surface area contributed by atoms with E-state index in [1.165, 1.54) is 17.0 Å². The summed E-state index contributed by atoms with van der Waals surface area (Å²) < 4.78 is 27.9. The highest BCUT2D eigenvalue weighted by Crippen LogP contribution is 2.36. The lowest BCUT2D eigenvalue weighted by Gasteiger charge is -2.47. The maximum absolute atomic E-state index is 13.6. The normalized spacial score (nSPS) is 22.5. The van der Waals surface area contributed by atoms with Gasteiger partial charge in [-0.05, 0) is 51.0 Å². The van der Waals surface area contributed by atoms with Gasteiger partial charge >= 0.3 is 0 Å². The molecule has 0 radical (unpaired) electrons. The standard InChI is InChI=1S/C24H28ClN3O4S/c1-17-11-13-19(14-12-17)33(31,32)27-15-22(29)28(21-10-6-5-9-20(21)25)24(2,16-27)23(30)26-18-7-3-4-8-18/h5-6,9-14,18H,3-4,7-8,15-16H2,1-2H3,(H,26,30)/t24-/m1/s1. The van der Waals surface area contributed by atoms with Crippen LogP contribution in [0, 0.1) is 6.92 Å². The van der Waals surface area contributed by atoms with Gasteiger partial charge in [-0.15, -0.1) is 0 Å². The van der Waals surface area contributed by atoms with Crippen molar-refractivity contribution in [2.45, 2.75) is 56.0 Å². The van der Waals surface area contributed by atoms with Gasteiger partial charge in [0, 0.05) is 12.6 Å². The second kappa shape index (κ2) is 9.08. The molecule has 1 aliphatic carbocycles. The van der Waals surface area contributed by atoms with Crippen LogP contribution in [-0.2, 0) is 19.6 Å². The quantitative estimate of drug-likeness (QED) is 0.696. The summed E-state index contributed by atoms with van der Waals surface area (Å²) in [6.45, 7) is 2.91. The van der Waals surface area contributed by atoms with E-state index < -0.39 is 21.5 Å². The van der Waals surface area contributed by atoms with Crippen LogP contribution in [0.15, 0.2) is 53.4 Å². The molecule has 4 rings (SSSR count). The van der Waals surface area contributed by atoms with Gasteiger partial charge in [0.1, 0.15) is 5.54 Å². The van der Waals surface area contributed by atoms with Crippen molar-refractivity contribution in [3.05, 3.63) is 59.1 Å². The average molecular weight is 490 g/mol. The van der Waals surface area contributed by atoms with E-state index in [9.17, 15) is 18.0 Å². The molecule has 9 heteroatoms. The number of nitrogens with one attached hydrogen (secondary N) is 1. The Morgan fingerprint density at radius 1 is 1.09 bits per heavy atom. The molecular formula is C24H28ClN3O4S. The van der Waals surface area contributed by atoms with Crippen LogP contribution in [0.25, 0.3) is 0 Å². The molecule has 33 heavy (non-hydrogen) atoms. The van der Waals surface area contributed by atoms with Gasteiger partial charge < -0.3 is 5.32 Å². The van der Waals surface area contributed by atoms with Crippen molar-refractivity contribution >= 4 is 39.1 Å². The fourth-order valence-electron chi connectivity index (χ4n) is 4.61. The third kappa shape index (κ3) is 4.52. The van der Waals surface area contributed by atoms with E-state index in [-0.39, 0.29) is 29.9 Å². The molecule has 7 nitrogen and oxygen atoms in total. The van der Waals surface area contributed by atoms with Crippen molar-refractivity contribution in [1.29, 1.82) is 0 Å². The zero-order valence-electron chi connectivity index (χ0n) is 18.8. The summed E-state index contributed by atoms with van der Waals surface area (Å²) in [5.41, 5.74) is -0.157. The number of piperazine rings is 1. The number of hydrogen-bond donors (Lipinski definition) is 1. The van der Waals surface area contributed by atoms with Gasteiger partial charge in [-0.1, -0.05) is 54.3 Å². The molecule has 176 valence electrons. The molecule has 0 spiro atoms. The van der Waals surface area contributed by atoms with Crippen LogP contribution < -0.4 is 10.2 Å². The lowest BCUT2D eigenvalue weighted by Crippen LogP contribution is -2.70. The van der Waals surface area contributed by atoms with Crippen molar-refractivity contribution in [2.24, 2.45) is 0 Å². The summed E-state index contributed by atoms with van der Waals surface area (Å²) in [5.74, 6) is -0.888. The number of benzene rings is 2. The van der Waals surface area contributed by atoms with Gasteiger partial charge in [-0.2, -0.15) is 4.31 Å². The number of aryl methyl sites for hydroxylation is 1. The smallest absolute Gasteiger partial charge is 0.247 e. The van der Waals surface area contributed by atoms with Crippen LogP contribution in [0.3, 0.4) is 0 Å². The van der Waals surface area contributed by atoms with E-state index in [0.29, 0.717) is 10.7 Å². The summed E-state index contributed by atoms with van der Waals surface area (Å²) in [6.07, 6.45) is 3.80. The highest BCUT2D eigenvalue weighted by molar-refractivity contribution is 7.89. The fraction of sp³-hybridized carbons (Fsp3) is 0.417. The van der Waals surface area contributed by atoms with Crippen LogP contribution in [0.1, 0.15) is 38.2 Å². The molecular weight excluding hydrogens is 462 g/mol. The first kappa shape index (κ1) is 23.7. The highest BCUT2D eigenvalue weighted by Gasteiger charge is 2.52. The Bertz CT molecular complexity index is 1160. The van der Waals surface area contributed by atoms with E-state index in [4.69, 9.17) is 11.6 Å². The summed E-state index contributed by atoms with van der Waals surface area (Å²) >= 11 is 6.40. The Hall–Kier alpha value is -2.42. The molecule has 2 fully saturated rings. The van der Waals surface area contributed by atoms with Crippen LogP contribution in [0.5, 0.6) is 0 Å². The van der Waals surface area contributed by atoms with Crippen LogP contribution in [-0.4, -0.2) is 49.2 Å². The topological polar surface area (TPSA) is 86.8 Å². The van der Waals surface area contributed by atoms with Crippen molar-refractivity contribution in [1.82, 2.24) is 9.62 Å². The molecule has 2 amide bonds. The van der Waals surface area contributed by atoms with E-state index in [1.807, 2.05) is 6.92 Å². The molecule has 0 aromatic heterocycles. The zero-order valence-corrected chi connectivity index (χ0v) is 20.3. The first-order chi connectivity index (χ1) is 15.6. The zero-order chi connectivity index (χ0) is 23.8. The molecule has 1 saturated carbocycles. The van der Waals surface area contributed by atoms with Gasteiger partial charge in [-0.25, -0.2) is 8.42 Å². The monoisotopic (exact) mass is 489 g/mol. The van der Waals surface area contributed by atoms with E-state index in [0.717, 1.165) is 35.6 Å². The Labute approximate surface area is 199 Å². The van der Waals surface area contributed by atoms with Crippen molar-refractivity contribution in [2.75, 3.05) is 18.0 Å². The second-order valence-electron chi connectivity index (χ2n) is 9.00. The molecule has 2 aromatic carbocycles. The number of para-hydroxylation sites is 1. The molecule has 1 atom stereocenters. The summed E-state index contributed by atoms with van der Waals surface area (Å²) in [4.78, 5) is 28.5. The Morgan fingerprint density at radius 2 is 1.73 bits per heavy atom. The van der Waals surface area contributed by atoms with Gasteiger partial charge in [0.15, 0.2) is 0 Å². The van der Waals surface area contributed by atoms with Crippen LogP contribution in [0.2, 0.25) is 5.02 Å². The second-order valence-corrected chi connectivity index (χ2v) is 11.3. The molecule has 1 N–H and O–H groups in total. The summed E-state index contributed by atoms with van der Waals surface area (Å²) in [5, 5.41) is 3.37. The third-order valence-corrected chi connectivity index (χ3v) is 8.60. The number of halogens is 1. The van der Waals surface area contributed by atoms with E-state index in [2.05, 4.69) is 5.32 Å². The third-order valence-electron chi connectivity index (χ3n) is 6.47. The molecule has 2 aromatic rings. The number of amides is 2. The van der Waals surface area contributed by atoms with E-state index >= 15 is 0 Å². The number of hydrogen-bond acceptors (Lipinski definition) is 4. The number of nitrogens with zero attached hydrogens (tertiary/aromatic N) is 2. The maximum Gasteiger partial charge on any atom is 0.247 e. The van der Waals surface area contributed by atoms with Crippen molar-refractivity contribution < 1.29 is 18.0 Å².